The van der Waals surface area contributed by atoms with Crippen LogP contribution in [0.5, 0.6) is 0 Å². The molecular weight excluding hydrogens is 230 g/mol. The summed E-state index contributed by atoms with van der Waals surface area (Å²) in [5.74, 6) is 0.756. The van der Waals surface area contributed by atoms with Gasteiger partial charge in [0.1, 0.15) is 5.82 Å². The van der Waals surface area contributed by atoms with Crippen LogP contribution in [0, 0.1) is 0 Å². The molecule has 1 atom stereocenters. The van der Waals surface area contributed by atoms with Crippen LogP contribution in [-0.4, -0.2) is 48.6 Å². The van der Waals surface area contributed by atoms with Crippen LogP contribution in [0.15, 0.2) is 18.3 Å². The maximum Gasteiger partial charge on any atom is 0.254 e. The Labute approximate surface area is 107 Å². The van der Waals surface area contributed by atoms with Crippen molar-refractivity contribution >= 4 is 11.7 Å². The van der Waals surface area contributed by atoms with Gasteiger partial charge in [0.2, 0.25) is 0 Å². The van der Waals surface area contributed by atoms with E-state index in [9.17, 15) is 4.79 Å². The van der Waals surface area contributed by atoms with Crippen molar-refractivity contribution < 1.29 is 9.53 Å². The van der Waals surface area contributed by atoms with Crippen molar-refractivity contribution in [2.75, 3.05) is 32.1 Å². The predicted molar refractivity (Wildman–Crippen MR) is 69.7 cm³/mol. The van der Waals surface area contributed by atoms with Gasteiger partial charge in [-0.15, -0.1) is 0 Å². The molecule has 0 saturated carbocycles. The number of pyridine rings is 1. The van der Waals surface area contributed by atoms with Gasteiger partial charge in [0.25, 0.3) is 5.91 Å². The lowest BCUT2D eigenvalue weighted by molar-refractivity contribution is 0.0711. The maximum absolute atomic E-state index is 12.3. The van der Waals surface area contributed by atoms with E-state index in [0.717, 1.165) is 25.4 Å². The summed E-state index contributed by atoms with van der Waals surface area (Å²) in [6.45, 7) is 4.16. The van der Waals surface area contributed by atoms with E-state index in [1.807, 2.05) is 14.0 Å². The minimum absolute atomic E-state index is 0.0204. The molecule has 0 aromatic carbocycles. The number of hydrogen-bond donors (Lipinski definition) is 1. The van der Waals surface area contributed by atoms with Gasteiger partial charge in [0.05, 0.1) is 12.6 Å². The van der Waals surface area contributed by atoms with Gasteiger partial charge in [0.15, 0.2) is 0 Å². The summed E-state index contributed by atoms with van der Waals surface area (Å²) in [4.78, 5) is 18.2. The Morgan fingerprint density at radius 3 is 3.17 bits per heavy atom. The van der Waals surface area contributed by atoms with Gasteiger partial charge in [-0.1, -0.05) is 0 Å². The molecule has 1 saturated heterocycles. The fourth-order valence-corrected chi connectivity index (χ4v) is 2.04. The van der Waals surface area contributed by atoms with Crippen molar-refractivity contribution in [1.82, 2.24) is 9.88 Å². The van der Waals surface area contributed by atoms with Gasteiger partial charge in [0, 0.05) is 32.0 Å². The number of nitrogens with zero attached hydrogens (tertiary/aromatic N) is 2. The van der Waals surface area contributed by atoms with Gasteiger partial charge >= 0.3 is 0 Å². The second kappa shape index (κ2) is 5.82. The molecule has 1 aliphatic rings. The van der Waals surface area contributed by atoms with Crippen LogP contribution in [0.4, 0.5) is 5.82 Å². The summed E-state index contributed by atoms with van der Waals surface area (Å²) in [6, 6.07) is 3.72. The average Bonchev–Trinajstić information content (AvgIpc) is 2.91. The van der Waals surface area contributed by atoms with E-state index >= 15 is 0 Å². The van der Waals surface area contributed by atoms with E-state index in [1.165, 1.54) is 0 Å². The van der Waals surface area contributed by atoms with E-state index < -0.39 is 0 Å². The summed E-state index contributed by atoms with van der Waals surface area (Å²) in [7, 11) is 1.83. The number of anilines is 1. The number of ether oxygens (including phenoxy) is 1. The molecule has 1 aromatic rings. The summed E-state index contributed by atoms with van der Waals surface area (Å²) >= 11 is 0. The number of carbonyl (C=O) groups is 1. The maximum atomic E-state index is 12.3. The molecule has 1 unspecified atom stereocenters. The normalized spacial score (nSPS) is 18.7. The van der Waals surface area contributed by atoms with E-state index in [1.54, 1.807) is 23.2 Å². The first-order valence-corrected chi connectivity index (χ1v) is 6.27. The summed E-state index contributed by atoms with van der Waals surface area (Å²) in [5.41, 5.74) is 0.662. The summed E-state index contributed by atoms with van der Waals surface area (Å²) in [5, 5.41) is 3.10. The fraction of sp³-hybridized carbons (Fsp3) is 0.538. The largest absolute Gasteiger partial charge is 0.379 e. The standard InChI is InChI=1S/C13H19N3O2/c1-3-14-12-8-10(4-6-15-12)13(17)16(2)11-5-7-18-9-11/h4,6,8,11H,3,5,7,9H2,1-2H3,(H,14,15). The minimum Gasteiger partial charge on any atom is -0.379 e. The Bertz CT molecular complexity index is 416. The number of amides is 1. The molecule has 98 valence electrons. The number of likely N-dealkylation sites (N-methyl/N-ethyl adjacent to an activating group) is 1. The number of rotatable bonds is 4. The molecule has 5 nitrogen and oxygen atoms in total. The number of nitrogens with one attached hydrogen (secondary N) is 1. The van der Waals surface area contributed by atoms with Crippen LogP contribution < -0.4 is 5.32 Å². The molecule has 5 heteroatoms. The van der Waals surface area contributed by atoms with Gasteiger partial charge < -0.3 is 15.0 Å². The molecule has 1 amide bonds. The van der Waals surface area contributed by atoms with Crippen LogP contribution in [0.25, 0.3) is 0 Å². The van der Waals surface area contributed by atoms with Crippen LogP contribution in [0.1, 0.15) is 23.7 Å². The molecule has 1 fully saturated rings. The molecule has 1 aliphatic heterocycles. The zero-order valence-corrected chi connectivity index (χ0v) is 10.8. The molecule has 0 radical (unpaired) electrons. The Balaban J connectivity index is 2.09. The van der Waals surface area contributed by atoms with E-state index in [0.29, 0.717) is 12.2 Å². The van der Waals surface area contributed by atoms with E-state index in [-0.39, 0.29) is 11.9 Å². The highest BCUT2D eigenvalue weighted by atomic mass is 16.5. The number of aromatic nitrogens is 1. The Kier molecular flexibility index (Phi) is 4.15. The Morgan fingerprint density at radius 1 is 1.67 bits per heavy atom. The number of carbonyl (C=O) groups excluding carboxylic acids is 1. The smallest absolute Gasteiger partial charge is 0.254 e. The van der Waals surface area contributed by atoms with Gasteiger partial charge in [-0.2, -0.15) is 0 Å². The van der Waals surface area contributed by atoms with Crippen molar-refractivity contribution in [3.8, 4) is 0 Å². The summed E-state index contributed by atoms with van der Waals surface area (Å²) in [6.07, 6.45) is 2.57. The Hall–Kier alpha value is -1.62. The Morgan fingerprint density at radius 2 is 2.50 bits per heavy atom. The van der Waals surface area contributed by atoms with Gasteiger partial charge in [-0.25, -0.2) is 4.98 Å². The van der Waals surface area contributed by atoms with Crippen LogP contribution >= 0.6 is 0 Å². The predicted octanol–water partition coefficient (Wildman–Crippen LogP) is 1.37. The van der Waals surface area contributed by atoms with Gasteiger partial charge in [-0.3, -0.25) is 4.79 Å². The SMILES string of the molecule is CCNc1cc(C(=O)N(C)C2CCOC2)ccn1. The monoisotopic (exact) mass is 249 g/mol. The first-order valence-electron chi connectivity index (χ1n) is 6.27. The lowest BCUT2D eigenvalue weighted by atomic mass is 10.2. The minimum atomic E-state index is 0.0204. The van der Waals surface area contributed by atoms with Crippen molar-refractivity contribution in [3.63, 3.8) is 0 Å². The third kappa shape index (κ3) is 2.79. The number of hydrogen-bond acceptors (Lipinski definition) is 4. The molecule has 0 aliphatic carbocycles. The first-order chi connectivity index (χ1) is 8.72. The van der Waals surface area contributed by atoms with Crippen LogP contribution in [0.3, 0.4) is 0 Å². The highest BCUT2D eigenvalue weighted by Crippen LogP contribution is 2.15. The second-order valence-corrected chi connectivity index (χ2v) is 4.39. The fourth-order valence-electron chi connectivity index (χ4n) is 2.04. The highest BCUT2D eigenvalue weighted by molar-refractivity contribution is 5.94. The lowest BCUT2D eigenvalue weighted by Crippen LogP contribution is -2.37. The zero-order chi connectivity index (χ0) is 13.0. The van der Waals surface area contributed by atoms with E-state index in [4.69, 9.17) is 4.74 Å². The summed E-state index contributed by atoms with van der Waals surface area (Å²) < 4.78 is 5.31. The highest BCUT2D eigenvalue weighted by Gasteiger charge is 2.24. The topological polar surface area (TPSA) is 54.5 Å². The average molecular weight is 249 g/mol. The van der Waals surface area contributed by atoms with Crippen molar-refractivity contribution in [1.29, 1.82) is 0 Å². The molecule has 1 aromatic heterocycles. The molecular formula is C13H19N3O2. The third-order valence-electron chi connectivity index (χ3n) is 3.14. The van der Waals surface area contributed by atoms with E-state index in [2.05, 4.69) is 10.3 Å². The van der Waals surface area contributed by atoms with Crippen LogP contribution in [0.2, 0.25) is 0 Å². The lowest BCUT2D eigenvalue weighted by Gasteiger charge is -2.23. The first kappa shape index (κ1) is 12.8. The van der Waals surface area contributed by atoms with Crippen molar-refractivity contribution in [3.05, 3.63) is 23.9 Å². The molecule has 2 heterocycles. The van der Waals surface area contributed by atoms with Crippen molar-refractivity contribution in [2.45, 2.75) is 19.4 Å². The molecule has 2 rings (SSSR count). The van der Waals surface area contributed by atoms with Crippen LogP contribution in [-0.2, 0) is 4.74 Å². The molecule has 0 bridgehead atoms. The quantitative estimate of drug-likeness (QED) is 0.875. The van der Waals surface area contributed by atoms with Gasteiger partial charge in [-0.05, 0) is 25.5 Å². The molecule has 1 N–H and O–H groups in total. The zero-order valence-electron chi connectivity index (χ0n) is 10.8. The van der Waals surface area contributed by atoms with Crippen molar-refractivity contribution in [2.24, 2.45) is 0 Å². The second-order valence-electron chi connectivity index (χ2n) is 4.39. The third-order valence-corrected chi connectivity index (χ3v) is 3.14. The molecule has 18 heavy (non-hydrogen) atoms. The molecule has 0 spiro atoms.